The quantitative estimate of drug-likeness (QED) is 0.795. The number of carbonyl (C=O) groups is 1. The standard InChI is InChI=1S/C20H24ClN3O3/c1-26-18-6-4-3-5-15(18)17-12-22-9-10-24(17)13-20(25)23-14-7-8-19(27-2)16(21)11-14/h3-8,11,17,22H,9-10,12-13H2,1-2H3,(H,23,25). The Morgan fingerprint density at radius 1 is 1.22 bits per heavy atom. The number of piperazine rings is 1. The van der Waals surface area contributed by atoms with Crippen LogP contribution >= 0.6 is 11.6 Å². The zero-order valence-corrected chi connectivity index (χ0v) is 16.3. The summed E-state index contributed by atoms with van der Waals surface area (Å²) in [6.45, 7) is 2.67. The Balaban J connectivity index is 1.70. The molecule has 3 rings (SSSR count). The maximum absolute atomic E-state index is 12.6. The number of para-hydroxylation sites is 1. The molecule has 1 aliphatic heterocycles. The van der Waals surface area contributed by atoms with Crippen LogP contribution in [0.1, 0.15) is 11.6 Å². The third-order valence-corrected chi connectivity index (χ3v) is 4.93. The van der Waals surface area contributed by atoms with Crippen LogP contribution in [0, 0.1) is 0 Å². The topological polar surface area (TPSA) is 62.8 Å². The summed E-state index contributed by atoms with van der Waals surface area (Å²) in [5.74, 6) is 1.32. The number of benzene rings is 2. The third-order valence-electron chi connectivity index (χ3n) is 4.63. The van der Waals surface area contributed by atoms with Crippen LogP contribution in [0.3, 0.4) is 0 Å². The molecule has 2 aromatic carbocycles. The highest BCUT2D eigenvalue weighted by molar-refractivity contribution is 6.32. The molecule has 27 heavy (non-hydrogen) atoms. The van der Waals surface area contributed by atoms with Gasteiger partial charge in [0.05, 0.1) is 31.8 Å². The Labute approximate surface area is 164 Å². The molecule has 0 aromatic heterocycles. The molecule has 2 N–H and O–H groups in total. The van der Waals surface area contributed by atoms with Gasteiger partial charge in [-0.3, -0.25) is 9.69 Å². The van der Waals surface area contributed by atoms with E-state index in [4.69, 9.17) is 21.1 Å². The molecule has 2 aromatic rings. The van der Waals surface area contributed by atoms with Gasteiger partial charge in [-0.2, -0.15) is 0 Å². The summed E-state index contributed by atoms with van der Waals surface area (Å²) in [7, 11) is 3.22. The summed E-state index contributed by atoms with van der Waals surface area (Å²) < 4.78 is 10.6. The third kappa shape index (κ3) is 4.71. The van der Waals surface area contributed by atoms with Crippen molar-refractivity contribution in [3.8, 4) is 11.5 Å². The number of hydrogen-bond acceptors (Lipinski definition) is 5. The highest BCUT2D eigenvalue weighted by atomic mass is 35.5. The van der Waals surface area contributed by atoms with Crippen molar-refractivity contribution in [1.29, 1.82) is 0 Å². The Bertz CT molecular complexity index is 800. The van der Waals surface area contributed by atoms with Crippen molar-refractivity contribution in [3.05, 3.63) is 53.1 Å². The van der Waals surface area contributed by atoms with Crippen molar-refractivity contribution in [2.45, 2.75) is 6.04 Å². The Morgan fingerprint density at radius 3 is 2.74 bits per heavy atom. The molecule has 0 radical (unpaired) electrons. The van der Waals surface area contributed by atoms with Gasteiger partial charge in [-0.05, 0) is 24.3 Å². The van der Waals surface area contributed by atoms with Crippen LogP contribution in [0.2, 0.25) is 5.02 Å². The second kappa shape index (κ2) is 9.08. The van der Waals surface area contributed by atoms with Crippen LogP contribution in [0.5, 0.6) is 11.5 Å². The lowest BCUT2D eigenvalue weighted by molar-refractivity contribution is -0.118. The molecular formula is C20H24ClN3O3. The number of anilines is 1. The van der Waals surface area contributed by atoms with Gasteiger partial charge in [0.1, 0.15) is 11.5 Å². The largest absolute Gasteiger partial charge is 0.496 e. The van der Waals surface area contributed by atoms with Crippen molar-refractivity contribution >= 4 is 23.2 Å². The molecule has 1 fully saturated rings. The van der Waals surface area contributed by atoms with E-state index in [-0.39, 0.29) is 18.5 Å². The Hall–Kier alpha value is -2.28. The minimum atomic E-state index is -0.0852. The molecule has 1 aliphatic rings. The monoisotopic (exact) mass is 389 g/mol. The first-order valence-corrected chi connectivity index (χ1v) is 9.21. The van der Waals surface area contributed by atoms with Gasteiger partial charge in [0.2, 0.25) is 5.91 Å². The van der Waals surface area contributed by atoms with E-state index >= 15 is 0 Å². The first-order valence-electron chi connectivity index (χ1n) is 8.83. The van der Waals surface area contributed by atoms with Crippen LogP contribution in [0.15, 0.2) is 42.5 Å². The van der Waals surface area contributed by atoms with Gasteiger partial charge in [-0.25, -0.2) is 0 Å². The molecule has 0 spiro atoms. The van der Waals surface area contributed by atoms with Crippen LogP contribution in [0.25, 0.3) is 0 Å². The number of nitrogens with one attached hydrogen (secondary N) is 2. The number of carbonyl (C=O) groups excluding carboxylic acids is 1. The van der Waals surface area contributed by atoms with Crippen molar-refractivity contribution in [1.82, 2.24) is 10.2 Å². The molecule has 1 saturated heterocycles. The van der Waals surface area contributed by atoms with Gasteiger partial charge in [0.25, 0.3) is 0 Å². The van der Waals surface area contributed by atoms with Gasteiger partial charge in [0, 0.05) is 30.9 Å². The lowest BCUT2D eigenvalue weighted by Gasteiger charge is -2.36. The highest BCUT2D eigenvalue weighted by Gasteiger charge is 2.27. The fourth-order valence-corrected chi connectivity index (χ4v) is 3.57. The van der Waals surface area contributed by atoms with E-state index in [1.807, 2.05) is 24.3 Å². The lowest BCUT2D eigenvalue weighted by atomic mass is 10.0. The number of halogens is 1. The SMILES string of the molecule is COc1ccc(NC(=O)CN2CCNCC2c2ccccc2OC)cc1Cl. The fraction of sp³-hybridized carbons (Fsp3) is 0.350. The molecule has 0 saturated carbocycles. The van der Waals surface area contributed by atoms with E-state index in [0.717, 1.165) is 30.9 Å². The summed E-state index contributed by atoms with van der Waals surface area (Å²) in [4.78, 5) is 14.8. The van der Waals surface area contributed by atoms with Crippen molar-refractivity contribution in [2.75, 3.05) is 45.7 Å². The van der Waals surface area contributed by atoms with Crippen molar-refractivity contribution in [2.24, 2.45) is 0 Å². The van der Waals surface area contributed by atoms with Crippen LogP contribution in [0.4, 0.5) is 5.69 Å². The minimum absolute atomic E-state index is 0.0695. The summed E-state index contributed by atoms with van der Waals surface area (Å²) in [6, 6.07) is 13.2. The molecule has 1 unspecified atom stereocenters. The van der Waals surface area contributed by atoms with Crippen LogP contribution < -0.4 is 20.1 Å². The summed E-state index contributed by atoms with van der Waals surface area (Å²) in [6.07, 6.45) is 0. The van der Waals surface area contributed by atoms with E-state index in [0.29, 0.717) is 16.5 Å². The van der Waals surface area contributed by atoms with Crippen molar-refractivity contribution in [3.63, 3.8) is 0 Å². The molecular weight excluding hydrogens is 366 g/mol. The molecule has 0 aliphatic carbocycles. The summed E-state index contributed by atoms with van der Waals surface area (Å²) >= 11 is 6.13. The van der Waals surface area contributed by atoms with Crippen molar-refractivity contribution < 1.29 is 14.3 Å². The second-order valence-electron chi connectivity index (χ2n) is 6.33. The second-order valence-corrected chi connectivity index (χ2v) is 6.74. The number of amides is 1. The summed E-state index contributed by atoms with van der Waals surface area (Å²) in [5, 5.41) is 6.77. The first-order chi connectivity index (χ1) is 13.1. The van der Waals surface area contributed by atoms with E-state index in [9.17, 15) is 4.79 Å². The van der Waals surface area contributed by atoms with E-state index in [1.54, 1.807) is 32.4 Å². The molecule has 1 heterocycles. The Morgan fingerprint density at radius 2 is 2.00 bits per heavy atom. The Kier molecular flexibility index (Phi) is 6.55. The molecule has 7 heteroatoms. The smallest absolute Gasteiger partial charge is 0.238 e. The highest BCUT2D eigenvalue weighted by Crippen LogP contribution is 2.30. The number of methoxy groups -OCH3 is 2. The molecule has 144 valence electrons. The van der Waals surface area contributed by atoms with Gasteiger partial charge >= 0.3 is 0 Å². The van der Waals surface area contributed by atoms with E-state index < -0.39 is 0 Å². The van der Waals surface area contributed by atoms with Gasteiger partial charge in [-0.15, -0.1) is 0 Å². The molecule has 1 atom stereocenters. The summed E-state index contributed by atoms with van der Waals surface area (Å²) in [5.41, 5.74) is 1.72. The number of ether oxygens (including phenoxy) is 2. The first kappa shape index (κ1) is 19.5. The maximum atomic E-state index is 12.6. The predicted molar refractivity (Wildman–Crippen MR) is 107 cm³/mol. The zero-order chi connectivity index (χ0) is 19.2. The average Bonchev–Trinajstić information content (AvgIpc) is 2.68. The maximum Gasteiger partial charge on any atom is 0.238 e. The lowest BCUT2D eigenvalue weighted by Crippen LogP contribution is -2.48. The average molecular weight is 390 g/mol. The molecule has 6 nitrogen and oxygen atoms in total. The molecule has 0 bridgehead atoms. The van der Waals surface area contributed by atoms with Gasteiger partial charge in [0.15, 0.2) is 0 Å². The zero-order valence-electron chi connectivity index (χ0n) is 15.5. The molecule has 1 amide bonds. The fourth-order valence-electron chi connectivity index (χ4n) is 3.31. The number of nitrogens with zero attached hydrogens (tertiary/aromatic N) is 1. The van der Waals surface area contributed by atoms with E-state index in [2.05, 4.69) is 15.5 Å². The normalized spacial score (nSPS) is 17.4. The van der Waals surface area contributed by atoms with E-state index in [1.165, 1.54) is 0 Å². The van der Waals surface area contributed by atoms with Gasteiger partial charge < -0.3 is 20.1 Å². The number of rotatable bonds is 6. The number of hydrogen-bond donors (Lipinski definition) is 2. The van der Waals surface area contributed by atoms with Crippen LogP contribution in [-0.2, 0) is 4.79 Å². The van der Waals surface area contributed by atoms with Crippen LogP contribution in [-0.4, -0.2) is 51.2 Å². The minimum Gasteiger partial charge on any atom is -0.496 e. The van der Waals surface area contributed by atoms with Gasteiger partial charge in [-0.1, -0.05) is 29.8 Å². The predicted octanol–water partition coefficient (Wildman–Crippen LogP) is 2.94.